The lowest BCUT2D eigenvalue weighted by molar-refractivity contribution is -0.274. The first kappa shape index (κ1) is 16.5. The Balaban J connectivity index is 1.93. The number of nitrogens with one attached hydrogen (secondary N) is 2. The van der Waals surface area contributed by atoms with Gasteiger partial charge in [-0.2, -0.15) is 0 Å². The van der Waals surface area contributed by atoms with Crippen molar-refractivity contribution >= 4 is 29.3 Å². The first-order valence-corrected chi connectivity index (χ1v) is 7.43. The number of thioether (sulfide) groups is 1. The Labute approximate surface area is 128 Å². The molecule has 0 bridgehead atoms. The predicted molar refractivity (Wildman–Crippen MR) is 75.6 cm³/mol. The number of halogens is 3. The van der Waals surface area contributed by atoms with Crippen LogP contribution in [0.1, 0.15) is 6.42 Å². The Morgan fingerprint density at radius 2 is 2.23 bits per heavy atom. The topological polar surface area (TPSA) is 67.4 Å². The zero-order chi connectivity index (χ0) is 16.2. The van der Waals surface area contributed by atoms with Gasteiger partial charge in [-0.05, 0) is 12.1 Å². The molecule has 0 aliphatic carbocycles. The largest absolute Gasteiger partial charge is 0.573 e. The maximum atomic E-state index is 12.1. The summed E-state index contributed by atoms with van der Waals surface area (Å²) in [4.78, 5) is 23.4. The third-order valence-electron chi connectivity index (χ3n) is 2.73. The van der Waals surface area contributed by atoms with E-state index in [0.717, 1.165) is 17.9 Å². The highest BCUT2D eigenvalue weighted by Gasteiger charge is 2.31. The number of carbonyl (C=O) groups is 2. The molecule has 120 valence electrons. The third-order valence-corrected chi connectivity index (χ3v) is 3.96. The minimum Gasteiger partial charge on any atom is -0.406 e. The van der Waals surface area contributed by atoms with Crippen molar-refractivity contribution < 1.29 is 27.5 Å². The van der Waals surface area contributed by atoms with Crippen LogP contribution in [0.4, 0.5) is 18.9 Å². The highest BCUT2D eigenvalue weighted by Crippen LogP contribution is 2.25. The number of hydrogen-bond acceptors (Lipinski definition) is 4. The highest BCUT2D eigenvalue weighted by atomic mass is 32.2. The molecule has 9 heteroatoms. The van der Waals surface area contributed by atoms with Gasteiger partial charge < -0.3 is 15.4 Å². The fourth-order valence-electron chi connectivity index (χ4n) is 1.87. The molecule has 0 aromatic heterocycles. The maximum absolute atomic E-state index is 12.1. The number of benzene rings is 1. The maximum Gasteiger partial charge on any atom is 0.573 e. The van der Waals surface area contributed by atoms with Crippen LogP contribution >= 0.6 is 11.8 Å². The number of hydrogen-bond donors (Lipinski definition) is 2. The van der Waals surface area contributed by atoms with Gasteiger partial charge in [-0.3, -0.25) is 9.59 Å². The standard InChI is InChI=1S/C13H13F3N2O3S/c14-13(15,16)21-9-3-1-2-8(6-9)18-11(19)7-10-12(20)17-4-5-22-10/h1-3,6,10H,4-5,7H2,(H,17,20)(H,18,19)/t10-/m0/s1. The Bertz CT molecular complexity index is 566. The van der Waals surface area contributed by atoms with Crippen molar-refractivity contribution in [2.75, 3.05) is 17.6 Å². The van der Waals surface area contributed by atoms with Gasteiger partial charge in [-0.25, -0.2) is 0 Å². The van der Waals surface area contributed by atoms with Gasteiger partial charge in [0, 0.05) is 30.5 Å². The summed E-state index contributed by atoms with van der Waals surface area (Å²) >= 11 is 1.37. The molecule has 1 heterocycles. The Hall–Kier alpha value is -1.90. The molecule has 1 aromatic rings. The lowest BCUT2D eigenvalue weighted by atomic mass is 10.2. The van der Waals surface area contributed by atoms with Gasteiger partial charge in [0.05, 0.1) is 5.25 Å². The quantitative estimate of drug-likeness (QED) is 0.885. The predicted octanol–water partition coefficient (Wildman–Crippen LogP) is 2.15. The van der Waals surface area contributed by atoms with Crippen LogP contribution in [-0.2, 0) is 9.59 Å². The lowest BCUT2D eigenvalue weighted by Gasteiger charge is -2.20. The van der Waals surface area contributed by atoms with Crippen LogP contribution in [0.15, 0.2) is 24.3 Å². The van der Waals surface area contributed by atoms with E-state index in [1.807, 2.05) is 0 Å². The molecule has 1 saturated heterocycles. The van der Waals surface area contributed by atoms with Crippen LogP contribution in [0, 0.1) is 0 Å². The summed E-state index contributed by atoms with van der Waals surface area (Å²) in [5.41, 5.74) is 0.174. The van der Waals surface area contributed by atoms with E-state index in [0.29, 0.717) is 6.54 Å². The summed E-state index contributed by atoms with van der Waals surface area (Å²) in [7, 11) is 0. The average Bonchev–Trinajstić information content (AvgIpc) is 2.40. The number of carbonyl (C=O) groups excluding carboxylic acids is 2. The molecular weight excluding hydrogens is 321 g/mol. The molecule has 22 heavy (non-hydrogen) atoms. The Morgan fingerprint density at radius 3 is 2.91 bits per heavy atom. The van der Waals surface area contributed by atoms with Crippen molar-refractivity contribution in [1.29, 1.82) is 0 Å². The van der Waals surface area contributed by atoms with Crippen LogP contribution in [-0.4, -0.2) is 35.7 Å². The summed E-state index contributed by atoms with van der Waals surface area (Å²) < 4.78 is 40.2. The molecule has 1 aliphatic rings. The first-order chi connectivity index (χ1) is 10.3. The highest BCUT2D eigenvalue weighted by molar-refractivity contribution is 8.00. The van der Waals surface area contributed by atoms with Crippen LogP contribution in [0.5, 0.6) is 5.75 Å². The Kier molecular flexibility index (Phi) is 5.17. The van der Waals surface area contributed by atoms with E-state index in [1.165, 1.54) is 23.9 Å². The number of amides is 2. The number of alkyl halides is 3. The minimum absolute atomic E-state index is 0.0408. The third kappa shape index (κ3) is 5.14. The van der Waals surface area contributed by atoms with E-state index >= 15 is 0 Å². The van der Waals surface area contributed by atoms with Crippen molar-refractivity contribution in [2.45, 2.75) is 18.0 Å². The molecule has 0 radical (unpaired) electrons. The average molecular weight is 334 g/mol. The van der Waals surface area contributed by atoms with Gasteiger partial charge in [0.15, 0.2) is 0 Å². The normalized spacial score (nSPS) is 18.5. The van der Waals surface area contributed by atoms with Gasteiger partial charge in [0.25, 0.3) is 0 Å². The summed E-state index contributed by atoms with van der Waals surface area (Å²) in [6.45, 7) is 0.568. The van der Waals surface area contributed by atoms with Gasteiger partial charge in [0.2, 0.25) is 11.8 Å². The Morgan fingerprint density at radius 1 is 1.45 bits per heavy atom. The van der Waals surface area contributed by atoms with Crippen molar-refractivity contribution in [2.24, 2.45) is 0 Å². The SMILES string of the molecule is O=C(C[C@@H]1SCCNC1=O)Nc1cccc(OC(F)(F)F)c1. The zero-order valence-corrected chi connectivity index (χ0v) is 12.1. The smallest absolute Gasteiger partial charge is 0.406 e. The number of ether oxygens (including phenoxy) is 1. The van der Waals surface area contributed by atoms with Gasteiger partial charge in [0.1, 0.15) is 5.75 Å². The van der Waals surface area contributed by atoms with E-state index in [2.05, 4.69) is 15.4 Å². The molecule has 0 unspecified atom stereocenters. The van der Waals surface area contributed by atoms with Gasteiger partial charge in [-0.1, -0.05) is 6.07 Å². The van der Waals surface area contributed by atoms with E-state index in [9.17, 15) is 22.8 Å². The second kappa shape index (κ2) is 6.91. The van der Waals surface area contributed by atoms with E-state index in [1.54, 1.807) is 0 Å². The fourth-order valence-corrected chi connectivity index (χ4v) is 2.88. The number of rotatable bonds is 4. The van der Waals surface area contributed by atoms with Crippen molar-refractivity contribution in [3.63, 3.8) is 0 Å². The van der Waals surface area contributed by atoms with E-state index in [4.69, 9.17) is 0 Å². The summed E-state index contributed by atoms with van der Waals surface area (Å²) in [5.74, 6) is -0.354. The minimum atomic E-state index is -4.79. The molecule has 1 aromatic carbocycles. The lowest BCUT2D eigenvalue weighted by Crippen LogP contribution is -2.40. The second-order valence-electron chi connectivity index (χ2n) is 4.48. The summed E-state index contributed by atoms with van der Waals surface area (Å²) in [5, 5.41) is 4.62. The van der Waals surface area contributed by atoms with Crippen LogP contribution in [0.2, 0.25) is 0 Å². The molecule has 0 spiro atoms. The van der Waals surface area contributed by atoms with Crippen LogP contribution < -0.4 is 15.4 Å². The molecule has 5 nitrogen and oxygen atoms in total. The molecule has 2 N–H and O–H groups in total. The van der Waals surface area contributed by atoms with Crippen LogP contribution in [0.3, 0.4) is 0 Å². The molecule has 1 atom stereocenters. The molecule has 2 rings (SSSR count). The molecular formula is C13H13F3N2O3S. The van der Waals surface area contributed by atoms with Gasteiger partial charge in [-0.15, -0.1) is 24.9 Å². The van der Waals surface area contributed by atoms with Crippen LogP contribution in [0.25, 0.3) is 0 Å². The molecule has 2 amide bonds. The first-order valence-electron chi connectivity index (χ1n) is 6.38. The van der Waals surface area contributed by atoms with Crippen molar-refractivity contribution in [3.05, 3.63) is 24.3 Å². The van der Waals surface area contributed by atoms with E-state index in [-0.39, 0.29) is 18.0 Å². The summed E-state index contributed by atoms with van der Waals surface area (Å²) in [6.07, 6.45) is -4.83. The summed E-state index contributed by atoms with van der Waals surface area (Å²) in [6, 6.07) is 4.97. The molecule has 1 fully saturated rings. The molecule has 1 aliphatic heterocycles. The number of anilines is 1. The zero-order valence-electron chi connectivity index (χ0n) is 11.3. The van der Waals surface area contributed by atoms with E-state index < -0.39 is 23.3 Å². The van der Waals surface area contributed by atoms with Crippen molar-refractivity contribution in [3.8, 4) is 5.75 Å². The second-order valence-corrected chi connectivity index (χ2v) is 5.79. The van der Waals surface area contributed by atoms with Crippen molar-refractivity contribution in [1.82, 2.24) is 5.32 Å². The fraction of sp³-hybridized carbons (Fsp3) is 0.385. The monoisotopic (exact) mass is 334 g/mol. The molecule has 0 saturated carbocycles. The van der Waals surface area contributed by atoms with Gasteiger partial charge >= 0.3 is 6.36 Å².